The third-order valence-electron chi connectivity index (χ3n) is 3.83. The van der Waals surface area contributed by atoms with Gasteiger partial charge in [-0.15, -0.1) is 0 Å². The number of nitrogens with zero attached hydrogens (tertiary/aromatic N) is 2. The van der Waals surface area contributed by atoms with Gasteiger partial charge in [-0.2, -0.15) is 0 Å². The van der Waals surface area contributed by atoms with Gasteiger partial charge in [-0.25, -0.2) is 0 Å². The van der Waals surface area contributed by atoms with E-state index in [9.17, 15) is 0 Å². The zero-order valence-electron chi connectivity index (χ0n) is 13.5. The van der Waals surface area contributed by atoms with Crippen LogP contribution in [0.1, 0.15) is 44.5 Å². The number of ether oxygens (including phenoxy) is 1. The first-order chi connectivity index (χ1) is 10.3. The van der Waals surface area contributed by atoms with E-state index >= 15 is 0 Å². The van der Waals surface area contributed by atoms with Crippen molar-refractivity contribution in [3.8, 4) is 0 Å². The molecule has 1 aromatic rings. The number of aromatic nitrogens is 1. The second kappa shape index (κ2) is 9.13. The van der Waals surface area contributed by atoms with Crippen molar-refractivity contribution in [2.75, 3.05) is 26.2 Å². The Bertz CT molecular complexity index is 411. The quantitative estimate of drug-likeness (QED) is 0.799. The van der Waals surface area contributed by atoms with E-state index in [1.165, 1.54) is 18.5 Å². The lowest BCUT2D eigenvalue weighted by molar-refractivity contribution is -0.00253. The smallest absolute Gasteiger partial charge is 0.0702 e. The van der Waals surface area contributed by atoms with Crippen LogP contribution in [0.4, 0.5) is 0 Å². The normalized spacial score (nSPS) is 19.8. The van der Waals surface area contributed by atoms with E-state index in [-0.39, 0.29) is 0 Å². The van der Waals surface area contributed by atoms with Gasteiger partial charge < -0.3 is 10.1 Å². The van der Waals surface area contributed by atoms with Crippen molar-refractivity contribution in [2.45, 2.75) is 52.3 Å². The fourth-order valence-electron chi connectivity index (χ4n) is 2.78. The predicted molar refractivity (Wildman–Crippen MR) is 86.2 cm³/mol. The molecule has 0 spiro atoms. The van der Waals surface area contributed by atoms with Crippen LogP contribution in [0.5, 0.6) is 0 Å². The zero-order valence-corrected chi connectivity index (χ0v) is 13.5. The molecular weight excluding hydrogens is 262 g/mol. The number of piperidine rings is 1. The van der Waals surface area contributed by atoms with Crippen molar-refractivity contribution in [2.24, 2.45) is 0 Å². The molecule has 0 radical (unpaired) electrons. The van der Waals surface area contributed by atoms with Gasteiger partial charge in [0.05, 0.1) is 17.5 Å². The average molecular weight is 291 g/mol. The van der Waals surface area contributed by atoms with Crippen LogP contribution in [0, 0.1) is 0 Å². The highest BCUT2D eigenvalue weighted by Gasteiger charge is 2.20. The van der Waals surface area contributed by atoms with E-state index in [1.54, 1.807) is 0 Å². The molecule has 4 heteroatoms. The molecule has 4 nitrogen and oxygen atoms in total. The fourth-order valence-corrected chi connectivity index (χ4v) is 2.78. The largest absolute Gasteiger partial charge is 0.377 e. The van der Waals surface area contributed by atoms with Gasteiger partial charge >= 0.3 is 0 Å². The predicted octanol–water partition coefficient (Wildman–Crippen LogP) is 2.58. The number of pyridine rings is 1. The monoisotopic (exact) mass is 291 g/mol. The standard InChI is InChI=1S/C17H29N3O/c1-3-11-21-17-9-6-10-20(14-17)13-16-8-5-7-15(19-16)12-18-4-2/h5,7-8,17-18H,3-4,6,9-14H2,1-2H3. The van der Waals surface area contributed by atoms with Crippen LogP contribution in [0.2, 0.25) is 0 Å². The molecule has 1 aliphatic rings. The van der Waals surface area contributed by atoms with Crippen LogP contribution >= 0.6 is 0 Å². The summed E-state index contributed by atoms with van der Waals surface area (Å²) in [7, 11) is 0. The molecule has 2 rings (SSSR count). The molecule has 21 heavy (non-hydrogen) atoms. The summed E-state index contributed by atoms with van der Waals surface area (Å²) in [5.74, 6) is 0. The molecular formula is C17H29N3O. The molecule has 0 bridgehead atoms. The summed E-state index contributed by atoms with van der Waals surface area (Å²) in [5, 5.41) is 3.33. The number of likely N-dealkylation sites (tertiary alicyclic amines) is 1. The van der Waals surface area contributed by atoms with Crippen molar-refractivity contribution < 1.29 is 4.74 Å². The van der Waals surface area contributed by atoms with Crippen molar-refractivity contribution in [3.63, 3.8) is 0 Å². The van der Waals surface area contributed by atoms with E-state index in [0.29, 0.717) is 6.10 Å². The Balaban J connectivity index is 1.85. The lowest BCUT2D eigenvalue weighted by Crippen LogP contribution is -2.39. The summed E-state index contributed by atoms with van der Waals surface area (Å²) < 4.78 is 5.90. The molecule has 2 heterocycles. The van der Waals surface area contributed by atoms with E-state index in [1.807, 2.05) is 0 Å². The number of hydrogen-bond acceptors (Lipinski definition) is 4. The molecule has 1 unspecified atom stereocenters. The van der Waals surface area contributed by atoms with Crippen LogP contribution in [0.25, 0.3) is 0 Å². The Kier molecular flexibility index (Phi) is 7.13. The van der Waals surface area contributed by atoms with Gasteiger partial charge in [0.15, 0.2) is 0 Å². The van der Waals surface area contributed by atoms with Gasteiger partial charge in [-0.1, -0.05) is 19.9 Å². The van der Waals surface area contributed by atoms with Gasteiger partial charge in [0.2, 0.25) is 0 Å². The first-order valence-electron chi connectivity index (χ1n) is 8.31. The second-order valence-electron chi connectivity index (χ2n) is 5.77. The molecule has 118 valence electrons. The minimum atomic E-state index is 0.406. The van der Waals surface area contributed by atoms with Crippen molar-refractivity contribution >= 4 is 0 Å². The number of hydrogen-bond donors (Lipinski definition) is 1. The molecule has 0 saturated carbocycles. The molecule has 1 fully saturated rings. The molecule has 0 amide bonds. The van der Waals surface area contributed by atoms with Crippen molar-refractivity contribution in [1.29, 1.82) is 0 Å². The Hall–Kier alpha value is -0.970. The van der Waals surface area contributed by atoms with Crippen LogP contribution in [-0.4, -0.2) is 42.2 Å². The van der Waals surface area contributed by atoms with Crippen LogP contribution in [-0.2, 0) is 17.8 Å². The summed E-state index contributed by atoms with van der Waals surface area (Å²) in [6.45, 7) is 10.1. The summed E-state index contributed by atoms with van der Waals surface area (Å²) in [5.41, 5.74) is 2.30. The van der Waals surface area contributed by atoms with Gasteiger partial charge in [0.1, 0.15) is 0 Å². The maximum absolute atomic E-state index is 5.90. The molecule has 1 aromatic heterocycles. The molecule has 1 aliphatic heterocycles. The third kappa shape index (κ3) is 5.73. The van der Waals surface area contributed by atoms with E-state index in [4.69, 9.17) is 9.72 Å². The number of nitrogens with one attached hydrogen (secondary N) is 1. The summed E-state index contributed by atoms with van der Waals surface area (Å²) >= 11 is 0. The van der Waals surface area contributed by atoms with Gasteiger partial charge in [-0.05, 0) is 44.5 Å². The Morgan fingerprint density at radius 2 is 2.19 bits per heavy atom. The first-order valence-corrected chi connectivity index (χ1v) is 8.31. The molecule has 1 saturated heterocycles. The summed E-state index contributed by atoms with van der Waals surface area (Å²) in [6.07, 6.45) is 3.93. The van der Waals surface area contributed by atoms with Crippen LogP contribution < -0.4 is 5.32 Å². The highest BCUT2D eigenvalue weighted by Crippen LogP contribution is 2.15. The Morgan fingerprint density at radius 3 is 3.00 bits per heavy atom. The lowest BCUT2D eigenvalue weighted by atomic mass is 10.1. The number of rotatable bonds is 8. The van der Waals surface area contributed by atoms with Gasteiger partial charge in [0.25, 0.3) is 0 Å². The highest BCUT2D eigenvalue weighted by molar-refractivity contribution is 5.11. The minimum Gasteiger partial charge on any atom is -0.377 e. The molecule has 0 aromatic carbocycles. The molecule has 1 atom stereocenters. The van der Waals surface area contributed by atoms with E-state index < -0.39 is 0 Å². The lowest BCUT2D eigenvalue weighted by Gasteiger charge is -2.32. The van der Waals surface area contributed by atoms with Crippen LogP contribution in [0.3, 0.4) is 0 Å². The van der Waals surface area contributed by atoms with Crippen LogP contribution in [0.15, 0.2) is 18.2 Å². The third-order valence-corrected chi connectivity index (χ3v) is 3.83. The van der Waals surface area contributed by atoms with Crippen molar-refractivity contribution in [1.82, 2.24) is 15.2 Å². The fraction of sp³-hybridized carbons (Fsp3) is 0.706. The molecule has 1 N–H and O–H groups in total. The maximum Gasteiger partial charge on any atom is 0.0702 e. The van der Waals surface area contributed by atoms with E-state index in [2.05, 4.69) is 42.3 Å². The van der Waals surface area contributed by atoms with Crippen molar-refractivity contribution in [3.05, 3.63) is 29.6 Å². The topological polar surface area (TPSA) is 37.4 Å². The summed E-state index contributed by atoms with van der Waals surface area (Å²) in [6, 6.07) is 6.34. The maximum atomic E-state index is 5.90. The zero-order chi connectivity index (χ0) is 14.9. The van der Waals surface area contributed by atoms with Gasteiger partial charge in [-0.3, -0.25) is 9.88 Å². The average Bonchev–Trinajstić information content (AvgIpc) is 2.52. The first kappa shape index (κ1) is 16.4. The Morgan fingerprint density at radius 1 is 1.33 bits per heavy atom. The van der Waals surface area contributed by atoms with E-state index in [0.717, 1.165) is 51.4 Å². The highest BCUT2D eigenvalue weighted by atomic mass is 16.5. The molecule has 0 aliphatic carbocycles. The Labute approximate surface area is 128 Å². The SMILES string of the molecule is CCCOC1CCCN(Cc2cccc(CNCC)n2)C1. The minimum absolute atomic E-state index is 0.406. The summed E-state index contributed by atoms with van der Waals surface area (Å²) in [4.78, 5) is 7.22. The van der Waals surface area contributed by atoms with Gasteiger partial charge in [0, 0.05) is 26.2 Å². The second-order valence-corrected chi connectivity index (χ2v) is 5.77.